The van der Waals surface area contributed by atoms with Crippen molar-refractivity contribution in [2.45, 2.75) is 32.4 Å². The first-order chi connectivity index (χ1) is 8.78. The van der Waals surface area contributed by atoms with E-state index in [1.807, 2.05) is 0 Å². The first kappa shape index (κ1) is 13.5. The highest BCUT2D eigenvalue weighted by Gasteiger charge is 2.19. The number of aryl methyl sites for hydroxylation is 1. The Morgan fingerprint density at radius 2 is 2.33 bits per heavy atom. The molecule has 0 saturated carbocycles. The molecule has 1 atom stereocenters. The average molecular weight is 248 g/mol. The van der Waals surface area contributed by atoms with E-state index >= 15 is 0 Å². The lowest BCUT2D eigenvalue weighted by atomic mass is 10.0. The first-order valence-electron chi connectivity index (χ1n) is 6.90. The third-order valence-electron chi connectivity index (χ3n) is 3.54. The lowest BCUT2D eigenvalue weighted by Crippen LogP contribution is -2.46. The molecule has 1 aliphatic heterocycles. The number of piperidine rings is 1. The van der Waals surface area contributed by atoms with Crippen molar-refractivity contribution in [3.8, 4) is 0 Å². The van der Waals surface area contributed by atoms with Gasteiger partial charge in [0.1, 0.15) is 0 Å². The summed E-state index contributed by atoms with van der Waals surface area (Å²) in [6.07, 6.45) is 2.47. The van der Waals surface area contributed by atoms with Gasteiger partial charge in [-0.25, -0.2) is 0 Å². The number of likely N-dealkylation sites (tertiary alicyclic amines) is 1. The predicted octanol–water partition coefficient (Wildman–Crippen LogP) is 1.54. The molecule has 1 heterocycles. The molecule has 0 radical (unpaired) electrons. The van der Waals surface area contributed by atoms with Gasteiger partial charge in [-0.2, -0.15) is 0 Å². The van der Waals surface area contributed by atoms with Crippen molar-refractivity contribution < 1.29 is 5.11 Å². The topological polar surface area (TPSA) is 35.5 Å². The van der Waals surface area contributed by atoms with E-state index in [1.54, 1.807) is 0 Å². The van der Waals surface area contributed by atoms with Crippen LogP contribution in [0.3, 0.4) is 0 Å². The molecule has 1 saturated heterocycles. The normalized spacial score (nSPS) is 21.1. The minimum Gasteiger partial charge on any atom is -0.395 e. The summed E-state index contributed by atoms with van der Waals surface area (Å²) in [5, 5.41) is 12.3. The summed E-state index contributed by atoms with van der Waals surface area (Å²) >= 11 is 0. The minimum atomic E-state index is 0.231. The maximum absolute atomic E-state index is 8.85. The van der Waals surface area contributed by atoms with Crippen molar-refractivity contribution in [1.82, 2.24) is 10.2 Å². The second-order valence-corrected chi connectivity index (χ2v) is 5.24. The molecule has 2 rings (SSSR count). The Balaban J connectivity index is 1.85. The van der Waals surface area contributed by atoms with Gasteiger partial charge < -0.3 is 10.4 Å². The molecule has 1 unspecified atom stereocenters. The quantitative estimate of drug-likeness (QED) is 0.830. The second kappa shape index (κ2) is 6.88. The van der Waals surface area contributed by atoms with Gasteiger partial charge >= 0.3 is 0 Å². The van der Waals surface area contributed by atoms with Gasteiger partial charge in [-0.05, 0) is 31.9 Å². The predicted molar refractivity (Wildman–Crippen MR) is 74.6 cm³/mol. The zero-order chi connectivity index (χ0) is 12.8. The molecular weight excluding hydrogens is 224 g/mol. The van der Waals surface area contributed by atoms with Crippen LogP contribution in [0.5, 0.6) is 0 Å². The SMILES string of the molecule is Cc1cccc(CN2CCCC(NCCO)C2)c1. The van der Waals surface area contributed by atoms with Crippen LogP contribution < -0.4 is 5.32 Å². The fourth-order valence-corrected chi connectivity index (χ4v) is 2.70. The van der Waals surface area contributed by atoms with Gasteiger partial charge in [-0.15, -0.1) is 0 Å². The van der Waals surface area contributed by atoms with E-state index in [2.05, 4.69) is 41.4 Å². The van der Waals surface area contributed by atoms with E-state index in [-0.39, 0.29) is 6.61 Å². The third-order valence-corrected chi connectivity index (χ3v) is 3.54. The number of hydrogen-bond acceptors (Lipinski definition) is 3. The molecule has 0 amide bonds. The number of aliphatic hydroxyl groups is 1. The molecule has 0 aromatic heterocycles. The van der Waals surface area contributed by atoms with Gasteiger partial charge in [-0.1, -0.05) is 29.8 Å². The number of nitrogens with one attached hydrogen (secondary N) is 1. The Kier molecular flexibility index (Phi) is 5.17. The first-order valence-corrected chi connectivity index (χ1v) is 6.90. The maximum atomic E-state index is 8.85. The molecule has 3 heteroatoms. The van der Waals surface area contributed by atoms with Crippen LogP contribution in [-0.2, 0) is 6.54 Å². The van der Waals surface area contributed by atoms with Crippen LogP contribution in [0.25, 0.3) is 0 Å². The van der Waals surface area contributed by atoms with Gasteiger partial charge in [-0.3, -0.25) is 4.90 Å². The molecule has 0 bridgehead atoms. The van der Waals surface area contributed by atoms with E-state index in [4.69, 9.17) is 5.11 Å². The Hall–Kier alpha value is -0.900. The van der Waals surface area contributed by atoms with Crippen LogP contribution in [0.15, 0.2) is 24.3 Å². The average Bonchev–Trinajstić information content (AvgIpc) is 2.37. The maximum Gasteiger partial charge on any atom is 0.0556 e. The largest absolute Gasteiger partial charge is 0.395 e. The van der Waals surface area contributed by atoms with E-state index < -0.39 is 0 Å². The van der Waals surface area contributed by atoms with Crippen molar-refractivity contribution in [2.75, 3.05) is 26.2 Å². The molecule has 2 N–H and O–H groups in total. The van der Waals surface area contributed by atoms with Crippen molar-refractivity contribution >= 4 is 0 Å². The van der Waals surface area contributed by atoms with Crippen LogP contribution in [0, 0.1) is 6.92 Å². The molecule has 100 valence electrons. The van der Waals surface area contributed by atoms with Crippen LogP contribution in [0.1, 0.15) is 24.0 Å². The third kappa shape index (κ3) is 4.09. The standard InChI is InChI=1S/C15H24N2O/c1-13-4-2-5-14(10-13)11-17-8-3-6-15(12-17)16-7-9-18/h2,4-5,10,15-16,18H,3,6-9,11-12H2,1H3. The van der Waals surface area contributed by atoms with Gasteiger partial charge in [0.15, 0.2) is 0 Å². The lowest BCUT2D eigenvalue weighted by molar-refractivity contribution is 0.177. The van der Waals surface area contributed by atoms with E-state index in [1.165, 1.54) is 30.5 Å². The number of aliphatic hydroxyl groups excluding tert-OH is 1. The van der Waals surface area contributed by atoms with Crippen LogP contribution in [-0.4, -0.2) is 42.3 Å². The molecule has 3 nitrogen and oxygen atoms in total. The second-order valence-electron chi connectivity index (χ2n) is 5.24. The van der Waals surface area contributed by atoms with Crippen molar-refractivity contribution in [3.63, 3.8) is 0 Å². The summed E-state index contributed by atoms with van der Waals surface area (Å²) in [6, 6.07) is 9.29. The van der Waals surface area contributed by atoms with E-state index in [0.717, 1.165) is 13.1 Å². The number of rotatable bonds is 5. The lowest BCUT2D eigenvalue weighted by Gasteiger charge is -2.33. The molecule has 1 aliphatic rings. The zero-order valence-electron chi connectivity index (χ0n) is 11.2. The van der Waals surface area contributed by atoms with E-state index in [9.17, 15) is 0 Å². The fourth-order valence-electron chi connectivity index (χ4n) is 2.70. The summed E-state index contributed by atoms with van der Waals surface area (Å²) in [5.41, 5.74) is 2.73. The molecule has 0 aliphatic carbocycles. The van der Waals surface area contributed by atoms with Crippen molar-refractivity contribution in [1.29, 1.82) is 0 Å². The Morgan fingerprint density at radius 1 is 1.44 bits per heavy atom. The molecular formula is C15H24N2O. The molecule has 1 aromatic rings. The van der Waals surface area contributed by atoms with Gasteiger partial charge in [0.2, 0.25) is 0 Å². The highest BCUT2D eigenvalue weighted by molar-refractivity contribution is 5.22. The highest BCUT2D eigenvalue weighted by atomic mass is 16.3. The number of benzene rings is 1. The summed E-state index contributed by atoms with van der Waals surface area (Å²) in [6.45, 7) is 6.40. The summed E-state index contributed by atoms with van der Waals surface area (Å²) in [4.78, 5) is 2.51. The minimum absolute atomic E-state index is 0.231. The monoisotopic (exact) mass is 248 g/mol. The van der Waals surface area contributed by atoms with Crippen LogP contribution in [0.2, 0.25) is 0 Å². The Labute approximate surface area is 110 Å². The highest BCUT2D eigenvalue weighted by Crippen LogP contribution is 2.14. The Morgan fingerprint density at radius 3 is 3.11 bits per heavy atom. The number of hydrogen-bond donors (Lipinski definition) is 2. The fraction of sp³-hybridized carbons (Fsp3) is 0.600. The van der Waals surface area contributed by atoms with Crippen molar-refractivity contribution in [3.05, 3.63) is 35.4 Å². The Bertz CT molecular complexity index is 367. The van der Waals surface area contributed by atoms with Crippen molar-refractivity contribution in [2.24, 2.45) is 0 Å². The van der Waals surface area contributed by atoms with Gasteiger partial charge in [0.05, 0.1) is 6.61 Å². The van der Waals surface area contributed by atoms with Gasteiger partial charge in [0, 0.05) is 25.7 Å². The summed E-state index contributed by atoms with van der Waals surface area (Å²) in [5.74, 6) is 0. The molecule has 1 aromatic carbocycles. The smallest absolute Gasteiger partial charge is 0.0556 e. The number of nitrogens with zero attached hydrogens (tertiary/aromatic N) is 1. The van der Waals surface area contributed by atoms with Gasteiger partial charge in [0.25, 0.3) is 0 Å². The molecule has 18 heavy (non-hydrogen) atoms. The van der Waals surface area contributed by atoms with Crippen LogP contribution in [0.4, 0.5) is 0 Å². The summed E-state index contributed by atoms with van der Waals surface area (Å²) < 4.78 is 0. The van der Waals surface area contributed by atoms with Crippen LogP contribution >= 0.6 is 0 Å². The molecule has 1 fully saturated rings. The molecule has 0 spiro atoms. The van der Waals surface area contributed by atoms with E-state index in [0.29, 0.717) is 12.6 Å². The summed E-state index contributed by atoms with van der Waals surface area (Å²) in [7, 11) is 0. The zero-order valence-corrected chi connectivity index (χ0v) is 11.2.